The van der Waals surface area contributed by atoms with Crippen LogP contribution in [0.3, 0.4) is 0 Å². The van der Waals surface area contributed by atoms with Gasteiger partial charge in [-0.3, -0.25) is 14.4 Å². The number of nitrogens with zero attached hydrogens (tertiary/aromatic N) is 4. The summed E-state index contributed by atoms with van der Waals surface area (Å²) in [5.41, 5.74) is 2.39. The minimum Gasteiger partial charge on any atom is -0.378 e. The van der Waals surface area contributed by atoms with Gasteiger partial charge in [0.25, 0.3) is 0 Å². The Morgan fingerprint density at radius 3 is 2.64 bits per heavy atom. The summed E-state index contributed by atoms with van der Waals surface area (Å²) in [6.07, 6.45) is 5.38. The molecule has 3 rings (SSSR count). The third-order valence-electron chi connectivity index (χ3n) is 5.21. The summed E-state index contributed by atoms with van der Waals surface area (Å²) in [5, 5.41) is 4.69. The van der Waals surface area contributed by atoms with E-state index in [0.717, 1.165) is 51.1 Å². The standard InChI is InChI=1S/C19H32N4O2/c1-19(2,3)17-15(13-21(4)20-17)14-23-8-6-5-7-16(23)18(24)22-9-11-25-12-10-22/h13,16H,5-12,14H2,1-4H3. The molecule has 1 unspecified atom stereocenters. The number of aromatic nitrogens is 2. The first kappa shape index (κ1) is 18.4. The lowest BCUT2D eigenvalue weighted by Crippen LogP contribution is -2.53. The van der Waals surface area contributed by atoms with Crippen molar-refractivity contribution in [2.75, 3.05) is 32.8 Å². The fraction of sp³-hybridized carbons (Fsp3) is 0.789. The van der Waals surface area contributed by atoms with Crippen LogP contribution in [0.1, 0.15) is 51.3 Å². The molecule has 6 heteroatoms. The third kappa shape index (κ3) is 4.23. The zero-order valence-corrected chi connectivity index (χ0v) is 16.1. The molecule has 25 heavy (non-hydrogen) atoms. The van der Waals surface area contributed by atoms with Gasteiger partial charge in [0, 0.05) is 43.9 Å². The number of hydrogen-bond acceptors (Lipinski definition) is 4. The molecular weight excluding hydrogens is 316 g/mol. The fourth-order valence-electron chi connectivity index (χ4n) is 3.96. The fourth-order valence-corrected chi connectivity index (χ4v) is 3.96. The van der Waals surface area contributed by atoms with E-state index in [0.29, 0.717) is 13.2 Å². The van der Waals surface area contributed by atoms with Gasteiger partial charge in [0.2, 0.25) is 5.91 Å². The van der Waals surface area contributed by atoms with Gasteiger partial charge >= 0.3 is 0 Å². The number of hydrogen-bond donors (Lipinski definition) is 0. The summed E-state index contributed by atoms with van der Waals surface area (Å²) >= 11 is 0. The zero-order valence-electron chi connectivity index (χ0n) is 16.1. The molecule has 2 saturated heterocycles. The number of likely N-dealkylation sites (tertiary alicyclic amines) is 1. The van der Waals surface area contributed by atoms with Crippen molar-refractivity contribution in [3.05, 3.63) is 17.5 Å². The van der Waals surface area contributed by atoms with Crippen molar-refractivity contribution in [2.45, 2.75) is 58.0 Å². The second-order valence-corrected chi connectivity index (χ2v) is 8.35. The molecule has 6 nitrogen and oxygen atoms in total. The van der Waals surface area contributed by atoms with Crippen LogP contribution in [-0.4, -0.2) is 64.4 Å². The average Bonchev–Trinajstić information content (AvgIpc) is 2.96. The second-order valence-electron chi connectivity index (χ2n) is 8.35. The Morgan fingerprint density at radius 1 is 1.24 bits per heavy atom. The molecule has 2 aliphatic rings. The predicted octanol–water partition coefficient (Wildman–Crippen LogP) is 1.93. The summed E-state index contributed by atoms with van der Waals surface area (Å²) in [6.45, 7) is 11.2. The first-order valence-corrected chi connectivity index (χ1v) is 9.50. The van der Waals surface area contributed by atoms with Crippen LogP contribution in [0.2, 0.25) is 0 Å². The summed E-state index contributed by atoms with van der Waals surface area (Å²) in [7, 11) is 1.98. The van der Waals surface area contributed by atoms with Gasteiger partial charge in [-0.2, -0.15) is 5.10 Å². The van der Waals surface area contributed by atoms with E-state index >= 15 is 0 Å². The molecule has 1 atom stereocenters. The van der Waals surface area contributed by atoms with E-state index in [1.54, 1.807) is 0 Å². The first-order valence-electron chi connectivity index (χ1n) is 9.50. The number of carbonyl (C=O) groups is 1. The van der Waals surface area contributed by atoms with Gasteiger partial charge in [0.05, 0.1) is 24.9 Å². The van der Waals surface area contributed by atoms with Gasteiger partial charge in [0.1, 0.15) is 0 Å². The molecule has 0 spiro atoms. The Labute approximate surface area is 151 Å². The largest absolute Gasteiger partial charge is 0.378 e. The van der Waals surface area contributed by atoms with Crippen LogP contribution in [0.25, 0.3) is 0 Å². The number of carbonyl (C=O) groups excluding carboxylic acids is 1. The Bertz CT molecular complexity index is 599. The SMILES string of the molecule is Cn1cc(CN2CCCCC2C(=O)N2CCOCC2)c(C(C)(C)C)n1. The van der Waals surface area contributed by atoms with Gasteiger partial charge in [-0.05, 0) is 19.4 Å². The van der Waals surface area contributed by atoms with E-state index in [1.165, 1.54) is 5.56 Å². The quantitative estimate of drug-likeness (QED) is 0.838. The Balaban J connectivity index is 1.76. The highest BCUT2D eigenvalue weighted by Crippen LogP contribution is 2.28. The number of amides is 1. The van der Waals surface area contributed by atoms with Crippen molar-refractivity contribution in [1.82, 2.24) is 19.6 Å². The Kier molecular flexibility index (Phi) is 5.49. The van der Waals surface area contributed by atoms with Crippen LogP contribution < -0.4 is 0 Å². The van der Waals surface area contributed by atoms with Gasteiger partial charge in [-0.15, -0.1) is 0 Å². The van der Waals surface area contributed by atoms with E-state index in [-0.39, 0.29) is 17.4 Å². The maximum Gasteiger partial charge on any atom is 0.240 e. The average molecular weight is 348 g/mol. The number of rotatable bonds is 3. The maximum absolute atomic E-state index is 13.0. The Morgan fingerprint density at radius 2 is 1.96 bits per heavy atom. The minimum absolute atomic E-state index is 0.000116. The lowest BCUT2D eigenvalue weighted by Gasteiger charge is -2.39. The van der Waals surface area contributed by atoms with E-state index in [2.05, 4.69) is 37.0 Å². The molecule has 0 aromatic carbocycles. The van der Waals surface area contributed by atoms with Gasteiger partial charge in [-0.25, -0.2) is 0 Å². The van der Waals surface area contributed by atoms with Crippen LogP contribution in [-0.2, 0) is 28.5 Å². The van der Waals surface area contributed by atoms with Crippen LogP contribution in [0.4, 0.5) is 0 Å². The molecule has 140 valence electrons. The van der Waals surface area contributed by atoms with Crippen LogP contribution in [0.15, 0.2) is 6.20 Å². The van der Waals surface area contributed by atoms with Crippen molar-refractivity contribution in [3.8, 4) is 0 Å². The molecular formula is C19H32N4O2. The first-order chi connectivity index (χ1) is 11.9. The van der Waals surface area contributed by atoms with Crippen molar-refractivity contribution < 1.29 is 9.53 Å². The lowest BCUT2D eigenvalue weighted by atomic mass is 9.89. The summed E-state index contributed by atoms with van der Waals surface area (Å²) in [6, 6.07) is -0.000116. The normalized spacial score (nSPS) is 23.0. The zero-order chi connectivity index (χ0) is 18.0. The molecule has 1 aromatic rings. The van der Waals surface area contributed by atoms with Crippen molar-refractivity contribution in [1.29, 1.82) is 0 Å². The molecule has 1 aromatic heterocycles. The predicted molar refractivity (Wildman–Crippen MR) is 97.4 cm³/mol. The maximum atomic E-state index is 13.0. The highest BCUT2D eigenvalue weighted by Gasteiger charge is 2.34. The Hall–Kier alpha value is -1.40. The molecule has 2 fully saturated rings. The number of morpholine rings is 1. The smallest absolute Gasteiger partial charge is 0.240 e. The van der Waals surface area contributed by atoms with Crippen LogP contribution in [0, 0.1) is 0 Å². The topological polar surface area (TPSA) is 50.6 Å². The molecule has 0 N–H and O–H groups in total. The molecule has 0 saturated carbocycles. The summed E-state index contributed by atoms with van der Waals surface area (Å²) in [4.78, 5) is 17.4. The van der Waals surface area contributed by atoms with Gasteiger partial charge < -0.3 is 9.64 Å². The molecule has 1 amide bonds. The summed E-state index contributed by atoms with van der Waals surface area (Å²) < 4.78 is 7.30. The van der Waals surface area contributed by atoms with E-state index in [9.17, 15) is 4.79 Å². The number of piperidine rings is 1. The molecule has 3 heterocycles. The van der Waals surface area contributed by atoms with Crippen LogP contribution in [0.5, 0.6) is 0 Å². The molecule has 2 aliphatic heterocycles. The van der Waals surface area contributed by atoms with E-state index < -0.39 is 0 Å². The van der Waals surface area contributed by atoms with E-state index in [4.69, 9.17) is 4.74 Å². The van der Waals surface area contributed by atoms with Crippen LogP contribution >= 0.6 is 0 Å². The molecule has 0 radical (unpaired) electrons. The third-order valence-corrected chi connectivity index (χ3v) is 5.21. The van der Waals surface area contributed by atoms with Crippen molar-refractivity contribution in [2.24, 2.45) is 7.05 Å². The molecule has 0 bridgehead atoms. The van der Waals surface area contributed by atoms with Crippen molar-refractivity contribution >= 4 is 5.91 Å². The number of aryl methyl sites for hydroxylation is 1. The lowest BCUT2D eigenvalue weighted by molar-refractivity contribution is -0.142. The highest BCUT2D eigenvalue weighted by molar-refractivity contribution is 5.82. The summed E-state index contributed by atoms with van der Waals surface area (Å²) in [5.74, 6) is 0.282. The van der Waals surface area contributed by atoms with Gasteiger partial charge in [0.15, 0.2) is 0 Å². The van der Waals surface area contributed by atoms with Gasteiger partial charge in [-0.1, -0.05) is 27.2 Å². The highest BCUT2D eigenvalue weighted by atomic mass is 16.5. The monoisotopic (exact) mass is 348 g/mol. The van der Waals surface area contributed by atoms with E-state index in [1.807, 2.05) is 16.6 Å². The van der Waals surface area contributed by atoms with Crippen molar-refractivity contribution in [3.63, 3.8) is 0 Å². The molecule has 0 aliphatic carbocycles. The second kappa shape index (κ2) is 7.46. The number of ether oxygens (including phenoxy) is 1. The minimum atomic E-state index is -0.000116.